The van der Waals surface area contributed by atoms with E-state index in [-0.39, 0.29) is 11.3 Å². The smallest absolute Gasteiger partial charge is 0.116 e. The lowest BCUT2D eigenvalue weighted by Gasteiger charge is -2.43. The summed E-state index contributed by atoms with van der Waals surface area (Å²) in [6.45, 7) is 2.37. The molecule has 13 rings (SSSR count). The molecule has 65 heavy (non-hydrogen) atoms. The van der Waals surface area contributed by atoms with E-state index in [0.717, 1.165) is 56.4 Å². The van der Waals surface area contributed by atoms with Gasteiger partial charge in [-0.05, 0) is 147 Å². The van der Waals surface area contributed by atoms with Gasteiger partial charge in [0.25, 0.3) is 0 Å². The summed E-state index contributed by atoms with van der Waals surface area (Å²) in [4.78, 5) is 2.56. The van der Waals surface area contributed by atoms with E-state index in [4.69, 9.17) is 0 Å². The first-order chi connectivity index (χ1) is 32.0. The van der Waals surface area contributed by atoms with E-state index in [1.54, 1.807) is 6.07 Å². The van der Waals surface area contributed by atoms with E-state index in [1.807, 2.05) is 18.2 Å². The topological polar surface area (TPSA) is 28.4 Å². The number of nitrogens with zero attached hydrogens (tertiary/aromatic N) is 2. The van der Waals surface area contributed by atoms with Crippen molar-refractivity contribution in [1.82, 2.24) is 4.57 Å². The Kier molecular flexibility index (Phi) is 8.17. The molecule has 1 heterocycles. The molecule has 0 saturated heterocycles. The van der Waals surface area contributed by atoms with Crippen molar-refractivity contribution in [1.29, 1.82) is 0 Å². The molecule has 1 aromatic heterocycles. The molecular formula is C62H44N2O. The van der Waals surface area contributed by atoms with Crippen molar-refractivity contribution in [2.24, 2.45) is 0 Å². The van der Waals surface area contributed by atoms with Crippen molar-refractivity contribution < 1.29 is 5.11 Å². The molecule has 3 heteroatoms. The average Bonchev–Trinajstić information content (AvgIpc) is 3.96. The van der Waals surface area contributed by atoms with Gasteiger partial charge in [-0.15, -0.1) is 0 Å². The Balaban J connectivity index is 0.967. The van der Waals surface area contributed by atoms with Crippen LogP contribution in [0, 0.1) is 0 Å². The van der Waals surface area contributed by atoms with E-state index in [2.05, 4.69) is 223 Å². The molecule has 3 aliphatic rings. The lowest BCUT2D eigenvalue weighted by atomic mass is 9.70. The minimum atomic E-state index is -0.437. The summed E-state index contributed by atoms with van der Waals surface area (Å²) < 4.78 is 2.28. The second-order valence-corrected chi connectivity index (χ2v) is 18.0. The predicted octanol–water partition coefficient (Wildman–Crippen LogP) is 15.4. The number of allylic oxidation sites excluding steroid dienone is 2. The monoisotopic (exact) mass is 832 g/mol. The zero-order valence-corrected chi connectivity index (χ0v) is 36.0. The Labute approximate surface area is 379 Å². The van der Waals surface area contributed by atoms with Gasteiger partial charge in [0.1, 0.15) is 5.75 Å². The zero-order chi connectivity index (χ0) is 43.3. The van der Waals surface area contributed by atoms with Gasteiger partial charge in [-0.2, -0.15) is 0 Å². The fraction of sp³-hybridized carbons (Fsp3) is 0.0645. The summed E-state index contributed by atoms with van der Waals surface area (Å²) in [5.41, 5.74) is 20.0. The zero-order valence-electron chi connectivity index (χ0n) is 36.0. The van der Waals surface area contributed by atoms with Crippen LogP contribution < -0.4 is 4.90 Å². The number of anilines is 2. The molecule has 0 bridgehead atoms. The fourth-order valence-electron chi connectivity index (χ4n) is 11.5. The number of hydrogen-bond donors (Lipinski definition) is 1. The Morgan fingerprint density at radius 3 is 1.63 bits per heavy atom. The van der Waals surface area contributed by atoms with E-state index in [9.17, 15) is 5.11 Å². The lowest BCUT2D eigenvalue weighted by molar-refractivity contribution is 0.476. The van der Waals surface area contributed by atoms with E-state index in [0.29, 0.717) is 0 Å². The maximum atomic E-state index is 10.7. The number of phenols is 1. The number of para-hydroxylation sites is 1. The average molecular weight is 833 g/mol. The van der Waals surface area contributed by atoms with Gasteiger partial charge < -0.3 is 14.6 Å². The van der Waals surface area contributed by atoms with Crippen LogP contribution in [0.1, 0.15) is 41.2 Å². The highest BCUT2D eigenvalue weighted by atomic mass is 16.3. The van der Waals surface area contributed by atoms with Crippen molar-refractivity contribution >= 4 is 38.8 Å². The van der Waals surface area contributed by atoms with Crippen molar-refractivity contribution in [2.45, 2.75) is 24.3 Å². The van der Waals surface area contributed by atoms with Crippen LogP contribution in [0.15, 0.2) is 231 Å². The standard InChI is InChI=1S/C62H44N2O/c1-61(36-34-43(35-37-61)41-14-4-2-5-15-41)64(46-27-24-42(25-28-46)44-26-32-59-53(38-44)54-40-48(65)30-33-60(54)63(59)45-16-6-3-7-17-45)47-29-31-52-51-20-10-13-23-57(51)62(58(52)39-47)55-21-11-8-18-49(55)50-19-9-12-22-56(50)62/h2-36,38-40,65H,37H2,1H3. The minimum absolute atomic E-state index is 0.262. The van der Waals surface area contributed by atoms with Crippen LogP contribution in [0.3, 0.4) is 0 Å². The van der Waals surface area contributed by atoms with Crippen LogP contribution in [-0.4, -0.2) is 15.2 Å². The third kappa shape index (κ3) is 5.49. The summed E-state index contributed by atoms with van der Waals surface area (Å²) in [7, 11) is 0. The van der Waals surface area contributed by atoms with Gasteiger partial charge in [0.05, 0.1) is 22.0 Å². The largest absolute Gasteiger partial charge is 0.508 e. The van der Waals surface area contributed by atoms with Gasteiger partial charge in [-0.3, -0.25) is 0 Å². The molecule has 0 radical (unpaired) electrons. The number of phenolic OH excluding ortho intramolecular Hbond substituents is 1. The van der Waals surface area contributed by atoms with Crippen LogP contribution in [0.5, 0.6) is 5.75 Å². The Bertz CT molecular complexity index is 3530. The van der Waals surface area contributed by atoms with Crippen molar-refractivity contribution in [3.63, 3.8) is 0 Å². The molecular weight excluding hydrogens is 789 g/mol. The maximum Gasteiger partial charge on any atom is 0.116 e. The molecule has 9 aromatic carbocycles. The number of aromatic hydroxyl groups is 1. The summed E-state index contributed by atoms with van der Waals surface area (Å²) in [5.74, 6) is 0.262. The molecule has 1 N–H and O–H groups in total. The highest BCUT2D eigenvalue weighted by Gasteiger charge is 2.52. The fourth-order valence-corrected chi connectivity index (χ4v) is 11.5. The number of rotatable bonds is 6. The second kappa shape index (κ2) is 14.2. The predicted molar refractivity (Wildman–Crippen MR) is 269 cm³/mol. The first-order valence-corrected chi connectivity index (χ1v) is 22.6. The highest BCUT2D eigenvalue weighted by Crippen LogP contribution is 2.63. The SMILES string of the molecule is CC1(N(c2ccc(-c3ccc4c(c3)c3cc(O)ccc3n4-c3ccccc3)cc2)c2ccc3c(c2)C2(c4ccccc4-c4ccccc42)c2ccccc2-3)C=CC(c2ccccc2)=CC1. The van der Waals surface area contributed by atoms with Crippen LogP contribution in [0.2, 0.25) is 0 Å². The molecule has 0 aliphatic heterocycles. The molecule has 3 nitrogen and oxygen atoms in total. The summed E-state index contributed by atoms with van der Waals surface area (Å²) >= 11 is 0. The first kappa shape index (κ1) is 37.4. The van der Waals surface area contributed by atoms with Gasteiger partial charge in [0.2, 0.25) is 0 Å². The molecule has 1 atom stereocenters. The summed E-state index contributed by atoms with van der Waals surface area (Å²) in [5, 5.41) is 12.8. The molecule has 10 aromatic rings. The van der Waals surface area contributed by atoms with Crippen LogP contribution >= 0.6 is 0 Å². The third-order valence-corrected chi connectivity index (χ3v) is 14.4. The van der Waals surface area contributed by atoms with E-state index >= 15 is 0 Å². The van der Waals surface area contributed by atoms with Gasteiger partial charge in [-0.25, -0.2) is 0 Å². The van der Waals surface area contributed by atoms with Crippen molar-refractivity contribution in [3.8, 4) is 44.8 Å². The first-order valence-electron chi connectivity index (χ1n) is 22.6. The van der Waals surface area contributed by atoms with Gasteiger partial charge >= 0.3 is 0 Å². The van der Waals surface area contributed by atoms with Crippen LogP contribution in [0.4, 0.5) is 11.4 Å². The van der Waals surface area contributed by atoms with Crippen LogP contribution in [-0.2, 0) is 5.41 Å². The number of benzene rings is 9. The van der Waals surface area contributed by atoms with Gasteiger partial charge in [-0.1, -0.05) is 164 Å². The Morgan fingerprint density at radius 1 is 0.462 bits per heavy atom. The molecule has 0 amide bonds. The van der Waals surface area contributed by atoms with Gasteiger partial charge in [0, 0.05) is 27.8 Å². The number of fused-ring (bicyclic) bond motifs is 13. The maximum absolute atomic E-state index is 10.7. The lowest BCUT2D eigenvalue weighted by Crippen LogP contribution is -2.42. The third-order valence-electron chi connectivity index (χ3n) is 14.4. The van der Waals surface area contributed by atoms with Crippen molar-refractivity contribution in [2.75, 3.05) is 4.90 Å². The second-order valence-electron chi connectivity index (χ2n) is 18.0. The van der Waals surface area contributed by atoms with E-state index in [1.165, 1.54) is 55.6 Å². The highest BCUT2D eigenvalue weighted by molar-refractivity contribution is 6.11. The molecule has 0 saturated carbocycles. The normalized spacial score (nSPS) is 16.3. The molecule has 1 unspecified atom stereocenters. The summed E-state index contributed by atoms with van der Waals surface area (Å²) in [6.07, 6.45) is 7.96. The number of hydrogen-bond acceptors (Lipinski definition) is 2. The van der Waals surface area contributed by atoms with E-state index < -0.39 is 5.41 Å². The number of aromatic nitrogens is 1. The molecule has 0 fully saturated rings. The Hall–Kier alpha value is -8.14. The molecule has 3 aliphatic carbocycles. The minimum Gasteiger partial charge on any atom is -0.508 e. The van der Waals surface area contributed by atoms with Crippen LogP contribution in [0.25, 0.3) is 66.4 Å². The molecule has 308 valence electrons. The molecule has 1 spiro atoms. The summed E-state index contributed by atoms with van der Waals surface area (Å²) in [6, 6.07) is 77.1. The van der Waals surface area contributed by atoms with Crippen molar-refractivity contribution in [3.05, 3.63) is 258 Å². The Morgan fingerprint density at radius 2 is 1.00 bits per heavy atom. The quantitative estimate of drug-likeness (QED) is 0.181. The van der Waals surface area contributed by atoms with Gasteiger partial charge in [0.15, 0.2) is 0 Å².